The van der Waals surface area contributed by atoms with Gasteiger partial charge < -0.3 is 5.32 Å². The lowest BCUT2D eigenvalue weighted by molar-refractivity contribution is 0.102. The van der Waals surface area contributed by atoms with Gasteiger partial charge in [-0.25, -0.2) is 4.68 Å². The van der Waals surface area contributed by atoms with E-state index in [1.165, 1.54) is 23.5 Å². The van der Waals surface area contributed by atoms with E-state index in [0.29, 0.717) is 10.1 Å². The van der Waals surface area contributed by atoms with E-state index in [-0.39, 0.29) is 5.91 Å². The van der Waals surface area contributed by atoms with Crippen LogP contribution in [0.3, 0.4) is 0 Å². The molecule has 0 aliphatic carbocycles. The Labute approximate surface area is 174 Å². The molecule has 1 saturated heterocycles. The van der Waals surface area contributed by atoms with Gasteiger partial charge in [-0.1, -0.05) is 24.3 Å². The van der Waals surface area contributed by atoms with Crippen LogP contribution in [0.2, 0.25) is 0 Å². The maximum atomic E-state index is 12.8. The van der Waals surface area contributed by atoms with Crippen LogP contribution in [0.5, 0.6) is 0 Å². The average molecular weight is 410 g/mol. The van der Waals surface area contributed by atoms with Gasteiger partial charge in [-0.05, 0) is 67.7 Å². The third-order valence-corrected chi connectivity index (χ3v) is 7.68. The van der Waals surface area contributed by atoms with Gasteiger partial charge in [0.1, 0.15) is 0 Å². The van der Waals surface area contributed by atoms with E-state index in [1.807, 2.05) is 84.5 Å². The molecule has 28 heavy (non-hydrogen) atoms. The number of thioether (sulfide) groups is 2. The molecular weight excluding hydrogens is 386 g/mol. The normalized spacial score (nSPS) is 14.8. The molecule has 6 heteroatoms. The van der Waals surface area contributed by atoms with Crippen LogP contribution in [0.1, 0.15) is 38.3 Å². The van der Waals surface area contributed by atoms with Crippen molar-refractivity contribution in [3.05, 3.63) is 77.1 Å². The van der Waals surface area contributed by atoms with Gasteiger partial charge in [0.15, 0.2) is 0 Å². The van der Waals surface area contributed by atoms with Gasteiger partial charge in [-0.3, -0.25) is 4.79 Å². The zero-order chi connectivity index (χ0) is 19.5. The minimum absolute atomic E-state index is 0.107. The summed E-state index contributed by atoms with van der Waals surface area (Å²) in [7, 11) is 0. The Kier molecular flexibility index (Phi) is 5.78. The van der Waals surface area contributed by atoms with E-state index >= 15 is 0 Å². The molecule has 4 nitrogen and oxygen atoms in total. The van der Waals surface area contributed by atoms with Gasteiger partial charge in [0.25, 0.3) is 5.91 Å². The van der Waals surface area contributed by atoms with Crippen LogP contribution < -0.4 is 5.32 Å². The van der Waals surface area contributed by atoms with Crippen molar-refractivity contribution in [3.8, 4) is 5.69 Å². The third-order valence-electron chi connectivity index (χ3n) is 4.66. The molecule has 2 heterocycles. The third kappa shape index (κ3) is 4.13. The second-order valence-corrected chi connectivity index (χ2v) is 9.58. The van der Waals surface area contributed by atoms with Crippen LogP contribution in [0.25, 0.3) is 5.69 Å². The Morgan fingerprint density at radius 3 is 2.46 bits per heavy atom. The number of aromatic nitrogens is 2. The van der Waals surface area contributed by atoms with Gasteiger partial charge in [0.2, 0.25) is 0 Å². The van der Waals surface area contributed by atoms with E-state index in [0.717, 1.165) is 22.8 Å². The predicted molar refractivity (Wildman–Crippen MR) is 120 cm³/mol. The standard InChI is InChI=1S/C22H23N3OS2/c1-15-14-16(2)25(24-15)20-7-4-3-6-19(20)23-21(26)17-8-10-18(11-9-17)22-27-12-5-13-28-22/h3-4,6-11,14,22H,5,12-13H2,1-2H3,(H,23,26). The molecule has 0 radical (unpaired) electrons. The summed E-state index contributed by atoms with van der Waals surface area (Å²) < 4.78 is 2.35. The van der Waals surface area contributed by atoms with Crippen molar-refractivity contribution in [2.45, 2.75) is 24.9 Å². The predicted octanol–water partition coefficient (Wildman–Crippen LogP) is 5.61. The van der Waals surface area contributed by atoms with Crippen molar-refractivity contribution in [1.82, 2.24) is 9.78 Å². The highest BCUT2D eigenvalue weighted by molar-refractivity contribution is 8.16. The number of rotatable bonds is 4. The maximum Gasteiger partial charge on any atom is 0.255 e. The molecule has 0 saturated carbocycles. The number of hydrogen-bond donors (Lipinski definition) is 1. The fraction of sp³-hybridized carbons (Fsp3) is 0.273. The highest BCUT2D eigenvalue weighted by Gasteiger charge is 2.17. The van der Waals surface area contributed by atoms with E-state index in [2.05, 4.69) is 22.5 Å². The number of anilines is 1. The number of nitrogens with one attached hydrogen (secondary N) is 1. The summed E-state index contributed by atoms with van der Waals surface area (Å²) in [5, 5.41) is 7.60. The van der Waals surface area contributed by atoms with Gasteiger partial charge in [0, 0.05) is 11.3 Å². The number of carbonyl (C=O) groups excluding carboxylic acids is 1. The van der Waals surface area contributed by atoms with E-state index in [4.69, 9.17) is 0 Å². The van der Waals surface area contributed by atoms with Crippen molar-refractivity contribution in [2.24, 2.45) is 0 Å². The highest BCUT2D eigenvalue weighted by atomic mass is 32.2. The number of aryl methyl sites for hydroxylation is 2. The molecule has 4 rings (SSSR count). The first-order valence-electron chi connectivity index (χ1n) is 9.39. The lowest BCUT2D eigenvalue weighted by Crippen LogP contribution is -2.14. The van der Waals surface area contributed by atoms with Crippen LogP contribution in [0, 0.1) is 13.8 Å². The van der Waals surface area contributed by atoms with Crippen LogP contribution in [-0.4, -0.2) is 27.2 Å². The molecule has 144 valence electrons. The number of benzene rings is 2. The number of nitrogens with zero attached hydrogens (tertiary/aromatic N) is 2. The van der Waals surface area contributed by atoms with Gasteiger partial charge in [0.05, 0.1) is 21.7 Å². The van der Waals surface area contributed by atoms with E-state index < -0.39 is 0 Å². The monoisotopic (exact) mass is 409 g/mol. The molecule has 0 bridgehead atoms. The SMILES string of the molecule is Cc1cc(C)n(-c2ccccc2NC(=O)c2ccc(C3SCCCS3)cc2)n1. The van der Waals surface area contributed by atoms with Gasteiger partial charge in [-0.15, -0.1) is 23.5 Å². The van der Waals surface area contributed by atoms with Crippen LogP contribution >= 0.6 is 23.5 Å². The summed E-state index contributed by atoms with van der Waals surface area (Å²) in [6.07, 6.45) is 1.28. The molecule has 0 atom stereocenters. The van der Waals surface area contributed by atoms with Gasteiger partial charge >= 0.3 is 0 Å². The molecule has 0 spiro atoms. The Morgan fingerprint density at radius 2 is 1.79 bits per heavy atom. The molecule has 1 fully saturated rings. The van der Waals surface area contributed by atoms with Crippen molar-refractivity contribution < 1.29 is 4.79 Å². The summed E-state index contributed by atoms with van der Waals surface area (Å²) in [6, 6.07) is 17.8. The number of hydrogen-bond acceptors (Lipinski definition) is 4. The first kappa shape index (κ1) is 19.2. The highest BCUT2D eigenvalue weighted by Crippen LogP contribution is 2.43. The fourth-order valence-corrected chi connectivity index (χ4v) is 6.20. The lowest BCUT2D eigenvalue weighted by atomic mass is 10.1. The Hall–Kier alpha value is -2.18. The molecule has 1 aliphatic heterocycles. The molecule has 1 aliphatic rings. The Balaban J connectivity index is 1.53. The number of amides is 1. The van der Waals surface area contributed by atoms with Crippen LogP contribution in [0.15, 0.2) is 54.6 Å². The van der Waals surface area contributed by atoms with E-state index in [9.17, 15) is 4.79 Å². The average Bonchev–Trinajstić information content (AvgIpc) is 3.07. The Morgan fingerprint density at radius 1 is 1.07 bits per heavy atom. The second-order valence-electron chi connectivity index (χ2n) is 6.86. The molecule has 1 aromatic heterocycles. The molecule has 1 amide bonds. The first-order chi connectivity index (χ1) is 13.6. The van der Waals surface area contributed by atoms with Crippen molar-refractivity contribution >= 4 is 35.1 Å². The van der Waals surface area contributed by atoms with Crippen LogP contribution in [0.4, 0.5) is 5.69 Å². The second kappa shape index (κ2) is 8.45. The quantitative estimate of drug-likeness (QED) is 0.608. The summed E-state index contributed by atoms with van der Waals surface area (Å²) in [4.78, 5) is 12.8. The van der Waals surface area contributed by atoms with Crippen molar-refractivity contribution in [2.75, 3.05) is 16.8 Å². The summed E-state index contributed by atoms with van der Waals surface area (Å²) in [5.74, 6) is 2.32. The first-order valence-corrected chi connectivity index (χ1v) is 11.5. The van der Waals surface area contributed by atoms with Crippen LogP contribution in [-0.2, 0) is 0 Å². The van der Waals surface area contributed by atoms with E-state index in [1.54, 1.807) is 0 Å². The molecule has 0 unspecified atom stereocenters. The number of carbonyl (C=O) groups is 1. The van der Waals surface area contributed by atoms with Crippen molar-refractivity contribution in [1.29, 1.82) is 0 Å². The molecule has 2 aromatic carbocycles. The fourth-order valence-electron chi connectivity index (χ4n) is 3.30. The molecule has 1 N–H and O–H groups in total. The zero-order valence-corrected chi connectivity index (χ0v) is 17.6. The number of para-hydroxylation sites is 2. The lowest BCUT2D eigenvalue weighted by Gasteiger charge is -2.21. The minimum atomic E-state index is -0.107. The zero-order valence-electron chi connectivity index (χ0n) is 16.0. The smallest absolute Gasteiger partial charge is 0.255 e. The largest absolute Gasteiger partial charge is 0.320 e. The maximum absolute atomic E-state index is 12.8. The Bertz CT molecular complexity index is 976. The summed E-state index contributed by atoms with van der Waals surface area (Å²) in [6.45, 7) is 3.98. The van der Waals surface area contributed by atoms with Crippen molar-refractivity contribution in [3.63, 3.8) is 0 Å². The summed E-state index contributed by atoms with van der Waals surface area (Å²) >= 11 is 3.98. The molecule has 3 aromatic rings. The minimum Gasteiger partial charge on any atom is -0.320 e. The summed E-state index contributed by atoms with van der Waals surface area (Å²) in [5.41, 5.74) is 5.56. The molecular formula is C22H23N3OS2. The van der Waals surface area contributed by atoms with Gasteiger partial charge in [-0.2, -0.15) is 5.10 Å². The topological polar surface area (TPSA) is 46.9 Å².